The van der Waals surface area contributed by atoms with Crippen molar-refractivity contribution in [2.45, 2.75) is 13.3 Å². The number of aromatic nitrogens is 1. The second-order valence-corrected chi connectivity index (χ2v) is 6.22. The maximum absolute atomic E-state index is 13.6. The summed E-state index contributed by atoms with van der Waals surface area (Å²) in [5.74, 6) is -0.257. The van der Waals surface area contributed by atoms with Gasteiger partial charge in [0.25, 0.3) is 0 Å². The molecule has 6 nitrogen and oxygen atoms in total. The van der Waals surface area contributed by atoms with E-state index in [9.17, 15) is 9.18 Å². The molecule has 0 atom stereocenters. The predicted octanol–water partition coefficient (Wildman–Crippen LogP) is 3.60. The summed E-state index contributed by atoms with van der Waals surface area (Å²) in [5.41, 5.74) is 3.82. The predicted molar refractivity (Wildman–Crippen MR) is 94.3 cm³/mol. The van der Waals surface area contributed by atoms with Crippen LogP contribution >= 0.6 is 27.3 Å². The van der Waals surface area contributed by atoms with Crippen LogP contribution in [0.1, 0.15) is 18.2 Å². The van der Waals surface area contributed by atoms with Gasteiger partial charge in [-0.25, -0.2) is 9.37 Å². The molecule has 0 unspecified atom stereocenters. The van der Waals surface area contributed by atoms with Crippen LogP contribution in [0.4, 0.5) is 9.52 Å². The van der Waals surface area contributed by atoms with E-state index in [1.165, 1.54) is 36.8 Å². The molecule has 0 amide bonds. The maximum Gasteiger partial charge on any atom is 0.311 e. The van der Waals surface area contributed by atoms with Crippen molar-refractivity contribution < 1.29 is 18.7 Å². The van der Waals surface area contributed by atoms with E-state index in [0.29, 0.717) is 33.2 Å². The van der Waals surface area contributed by atoms with Crippen molar-refractivity contribution >= 4 is 44.6 Å². The minimum Gasteiger partial charge on any atom is -0.496 e. The molecule has 0 aliphatic rings. The number of ether oxygens (including phenoxy) is 2. The third-order valence-corrected chi connectivity index (χ3v) is 4.22. The van der Waals surface area contributed by atoms with Gasteiger partial charge in [0.1, 0.15) is 11.6 Å². The number of nitrogens with one attached hydrogen (secondary N) is 1. The number of hydrogen-bond donors (Lipinski definition) is 1. The number of hydrogen-bond acceptors (Lipinski definition) is 7. The molecule has 1 N–H and O–H groups in total. The molecule has 1 aromatic heterocycles. The Morgan fingerprint density at radius 1 is 1.54 bits per heavy atom. The van der Waals surface area contributed by atoms with Crippen LogP contribution in [0.15, 0.2) is 27.1 Å². The van der Waals surface area contributed by atoms with Crippen LogP contribution in [0.3, 0.4) is 0 Å². The largest absolute Gasteiger partial charge is 0.496 e. The van der Waals surface area contributed by atoms with E-state index in [-0.39, 0.29) is 12.4 Å². The van der Waals surface area contributed by atoms with Gasteiger partial charge in [-0.2, -0.15) is 5.10 Å². The van der Waals surface area contributed by atoms with Crippen molar-refractivity contribution in [3.8, 4) is 5.75 Å². The number of halogens is 2. The van der Waals surface area contributed by atoms with E-state index in [4.69, 9.17) is 9.47 Å². The lowest BCUT2D eigenvalue weighted by Crippen LogP contribution is -2.07. The highest BCUT2D eigenvalue weighted by Gasteiger charge is 2.09. The van der Waals surface area contributed by atoms with Crippen LogP contribution in [0.2, 0.25) is 0 Å². The molecule has 0 radical (unpaired) electrons. The van der Waals surface area contributed by atoms with E-state index in [1.54, 1.807) is 12.3 Å². The second kappa shape index (κ2) is 8.74. The Kier molecular flexibility index (Phi) is 6.68. The minimum atomic E-state index is -0.414. The van der Waals surface area contributed by atoms with E-state index in [2.05, 4.69) is 31.4 Å². The molecule has 2 rings (SSSR count). The van der Waals surface area contributed by atoms with Gasteiger partial charge in [0.2, 0.25) is 5.13 Å². The lowest BCUT2D eigenvalue weighted by Gasteiger charge is -2.05. The molecule has 128 valence electrons. The first kappa shape index (κ1) is 18.3. The monoisotopic (exact) mass is 415 g/mol. The zero-order valence-corrected chi connectivity index (χ0v) is 15.4. The van der Waals surface area contributed by atoms with Gasteiger partial charge < -0.3 is 9.47 Å². The van der Waals surface area contributed by atoms with Crippen LogP contribution in [0.25, 0.3) is 0 Å². The molecular weight excluding hydrogens is 401 g/mol. The molecule has 9 heteroatoms. The molecular formula is C15H15BrFN3O3S. The summed E-state index contributed by atoms with van der Waals surface area (Å²) in [4.78, 5) is 15.6. The van der Waals surface area contributed by atoms with E-state index in [0.717, 1.165) is 0 Å². The Morgan fingerprint density at radius 2 is 2.33 bits per heavy atom. The average Bonchev–Trinajstić information content (AvgIpc) is 2.98. The highest BCUT2D eigenvalue weighted by atomic mass is 79.9. The third-order valence-electron chi connectivity index (χ3n) is 2.82. The molecule has 0 fully saturated rings. The number of benzene rings is 1. The summed E-state index contributed by atoms with van der Waals surface area (Å²) >= 11 is 4.40. The van der Waals surface area contributed by atoms with Gasteiger partial charge in [-0.15, -0.1) is 11.3 Å². The van der Waals surface area contributed by atoms with Gasteiger partial charge >= 0.3 is 5.97 Å². The van der Waals surface area contributed by atoms with Gasteiger partial charge in [0, 0.05) is 10.9 Å². The molecule has 24 heavy (non-hydrogen) atoms. The third kappa shape index (κ3) is 5.00. The lowest BCUT2D eigenvalue weighted by atomic mass is 10.2. The molecule has 1 aromatic carbocycles. The average molecular weight is 416 g/mol. The zero-order chi connectivity index (χ0) is 17.5. The number of carbonyl (C=O) groups excluding carboxylic acids is 1. The molecule has 0 saturated carbocycles. The first-order valence-corrected chi connectivity index (χ1v) is 8.63. The summed E-state index contributed by atoms with van der Waals surface area (Å²) in [6.07, 6.45) is 1.54. The summed E-state index contributed by atoms with van der Waals surface area (Å²) in [5, 5.41) is 6.28. The number of anilines is 1. The lowest BCUT2D eigenvalue weighted by molar-refractivity contribution is -0.142. The zero-order valence-electron chi connectivity index (χ0n) is 13.0. The first-order chi connectivity index (χ1) is 11.5. The van der Waals surface area contributed by atoms with Crippen LogP contribution in [-0.2, 0) is 16.0 Å². The quantitative estimate of drug-likeness (QED) is 0.424. The van der Waals surface area contributed by atoms with E-state index < -0.39 is 5.82 Å². The number of rotatable bonds is 7. The van der Waals surface area contributed by atoms with Crippen LogP contribution in [0, 0.1) is 5.82 Å². The number of thiazole rings is 1. The van der Waals surface area contributed by atoms with Crippen molar-refractivity contribution in [3.63, 3.8) is 0 Å². The SMILES string of the molecule is CCOC(=O)Cc1csc(NN=Cc2cc(F)c(Br)cc2OC)n1. The van der Waals surface area contributed by atoms with Gasteiger partial charge in [-0.1, -0.05) is 0 Å². The number of carbonyl (C=O) groups is 1. The normalized spacial score (nSPS) is 10.8. The Labute approximate surface area is 150 Å². The standard InChI is InChI=1S/C15H15BrFN3O3S/c1-3-23-14(21)5-10-8-24-15(19-10)20-18-7-9-4-12(17)11(16)6-13(9)22-2/h4,6-8H,3,5H2,1-2H3,(H,19,20). The van der Waals surface area contributed by atoms with Gasteiger partial charge in [0.05, 0.1) is 36.5 Å². The van der Waals surface area contributed by atoms with Gasteiger partial charge in [-0.3, -0.25) is 10.2 Å². The maximum atomic E-state index is 13.6. The first-order valence-electron chi connectivity index (χ1n) is 6.95. The Balaban J connectivity index is 2.01. The molecule has 0 saturated heterocycles. The second-order valence-electron chi connectivity index (χ2n) is 4.50. The smallest absolute Gasteiger partial charge is 0.311 e. The fourth-order valence-electron chi connectivity index (χ4n) is 1.78. The number of nitrogens with zero attached hydrogens (tertiary/aromatic N) is 2. The molecule has 0 bridgehead atoms. The highest BCUT2D eigenvalue weighted by molar-refractivity contribution is 9.10. The van der Waals surface area contributed by atoms with E-state index in [1.807, 2.05) is 0 Å². The van der Waals surface area contributed by atoms with Gasteiger partial charge in [0.15, 0.2) is 0 Å². The highest BCUT2D eigenvalue weighted by Crippen LogP contribution is 2.25. The van der Waals surface area contributed by atoms with Crippen molar-refractivity contribution in [1.82, 2.24) is 4.98 Å². The summed E-state index contributed by atoms with van der Waals surface area (Å²) < 4.78 is 23.9. The minimum absolute atomic E-state index is 0.113. The van der Waals surface area contributed by atoms with E-state index >= 15 is 0 Å². The fraction of sp³-hybridized carbons (Fsp3) is 0.267. The van der Waals surface area contributed by atoms with Crippen molar-refractivity contribution in [3.05, 3.63) is 39.1 Å². The number of hydrazone groups is 1. The van der Waals surface area contributed by atoms with Crippen molar-refractivity contribution in [1.29, 1.82) is 0 Å². The van der Waals surface area contributed by atoms with Crippen LogP contribution in [0.5, 0.6) is 5.75 Å². The molecule has 1 heterocycles. The Bertz CT molecular complexity index is 752. The number of esters is 1. The summed E-state index contributed by atoms with van der Waals surface area (Å²) in [6, 6.07) is 2.83. The Morgan fingerprint density at radius 3 is 3.04 bits per heavy atom. The summed E-state index contributed by atoms with van der Waals surface area (Å²) in [7, 11) is 1.49. The van der Waals surface area contributed by atoms with Crippen molar-refractivity contribution in [2.24, 2.45) is 5.10 Å². The van der Waals surface area contributed by atoms with Crippen molar-refractivity contribution in [2.75, 3.05) is 19.1 Å². The van der Waals surface area contributed by atoms with Crippen LogP contribution < -0.4 is 10.2 Å². The molecule has 0 spiro atoms. The number of methoxy groups -OCH3 is 1. The van der Waals surface area contributed by atoms with Crippen LogP contribution in [-0.4, -0.2) is 30.9 Å². The summed E-state index contributed by atoms with van der Waals surface area (Å²) in [6.45, 7) is 2.09. The molecule has 2 aromatic rings. The topological polar surface area (TPSA) is 72.8 Å². The molecule has 0 aliphatic carbocycles. The fourth-order valence-corrected chi connectivity index (χ4v) is 2.76. The molecule has 0 aliphatic heterocycles. The Hall–Kier alpha value is -2.00. The van der Waals surface area contributed by atoms with Gasteiger partial charge in [-0.05, 0) is 35.0 Å².